The number of hydrogen-bond donors (Lipinski definition) is 0. The third kappa shape index (κ3) is 32.4. The molecule has 0 heterocycles. The van der Waals surface area contributed by atoms with Gasteiger partial charge in [0.25, 0.3) is 0 Å². The standard InChI is InChI=1S/C7H10FSi.3C4H10N.Hf/c1-9(2,8)7-5-3-4-6-7;3*1-2-3-4-5;/h3-6H,1-2H3;3*5H,2-4H2,1H3;/q4*-1;+4. The molecule has 0 aliphatic rings. The first kappa shape index (κ1) is 32.9. The van der Waals surface area contributed by atoms with Gasteiger partial charge in [-0.15, -0.1) is 5.19 Å². The number of rotatable bonds is 7. The third-order valence-corrected chi connectivity index (χ3v) is 4.65. The minimum absolute atomic E-state index is 0. The van der Waals surface area contributed by atoms with E-state index in [0.717, 1.165) is 43.7 Å². The van der Waals surface area contributed by atoms with Crippen LogP contribution >= 0.6 is 0 Å². The zero-order valence-corrected chi connectivity index (χ0v) is 21.6. The summed E-state index contributed by atoms with van der Waals surface area (Å²) in [6.07, 6.45) is 6.64. The summed E-state index contributed by atoms with van der Waals surface area (Å²) in [6, 6.07) is 7.46. The van der Waals surface area contributed by atoms with Crippen molar-refractivity contribution in [3.8, 4) is 0 Å². The maximum Gasteiger partial charge on any atom is 4.00 e. The van der Waals surface area contributed by atoms with Crippen molar-refractivity contribution in [1.82, 2.24) is 0 Å². The average molecular weight is 536 g/mol. The van der Waals surface area contributed by atoms with Crippen molar-refractivity contribution in [2.24, 2.45) is 0 Å². The Morgan fingerprint density at radius 2 is 1.04 bits per heavy atom. The predicted octanol–water partition coefficient (Wildman–Crippen LogP) is 7.30. The second kappa shape index (κ2) is 26.5. The van der Waals surface area contributed by atoms with Crippen LogP contribution in [0.25, 0.3) is 17.2 Å². The Bertz CT molecular complexity index is 284. The molecule has 1 rings (SSSR count). The first-order valence-corrected chi connectivity index (χ1v) is 12.1. The van der Waals surface area contributed by atoms with Gasteiger partial charge < -0.3 is 21.3 Å². The van der Waals surface area contributed by atoms with E-state index in [2.05, 4.69) is 20.8 Å². The molecule has 146 valence electrons. The molecular formula is C19H40FHfN3Si. The van der Waals surface area contributed by atoms with Crippen molar-refractivity contribution >= 4 is 13.6 Å². The quantitative estimate of drug-likeness (QED) is 0.200. The van der Waals surface area contributed by atoms with E-state index in [1.54, 1.807) is 13.1 Å². The van der Waals surface area contributed by atoms with Gasteiger partial charge in [-0.25, -0.2) is 12.1 Å². The summed E-state index contributed by atoms with van der Waals surface area (Å²) in [5.41, 5.74) is 19.8. The maximum atomic E-state index is 13.1. The Kier molecular flexibility index (Phi) is 34.8. The minimum Gasteiger partial charge on any atom is -0.677 e. The van der Waals surface area contributed by atoms with Crippen molar-refractivity contribution in [1.29, 1.82) is 0 Å². The van der Waals surface area contributed by atoms with E-state index < -0.39 is 8.41 Å². The molecule has 0 spiro atoms. The normalized spacial score (nSPS) is 9.32. The molecule has 3 N–H and O–H groups in total. The van der Waals surface area contributed by atoms with E-state index in [1.807, 2.05) is 24.3 Å². The molecule has 0 aliphatic carbocycles. The number of hydrogen-bond acceptors (Lipinski definition) is 0. The molecule has 3 nitrogen and oxygen atoms in total. The second-order valence-electron chi connectivity index (χ2n) is 5.96. The summed E-state index contributed by atoms with van der Waals surface area (Å²) in [6.45, 7) is 11.5. The fourth-order valence-corrected chi connectivity index (χ4v) is 2.29. The Morgan fingerprint density at radius 1 is 0.760 bits per heavy atom. The molecule has 0 bridgehead atoms. The number of halogens is 1. The van der Waals surface area contributed by atoms with Gasteiger partial charge in [0, 0.05) is 0 Å². The van der Waals surface area contributed by atoms with Crippen LogP contribution in [0.4, 0.5) is 4.11 Å². The molecule has 0 aromatic heterocycles. The van der Waals surface area contributed by atoms with Crippen LogP contribution < -0.4 is 5.19 Å². The van der Waals surface area contributed by atoms with Gasteiger partial charge in [-0.3, -0.25) is 0 Å². The van der Waals surface area contributed by atoms with Crippen LogP contribution in [0, 0.1) is 0 Å². The van der Waals surface area contributed by atoms with Gasteiger partial charge in [-0.05, 0) is 13.1 Å². The van der Waals surface area contributed by atoms with Gasteiger partial charge in [-0.1, -0.05) is 59.3 Å². The van der Waals surface area contributed by atoms with Crippen LogP contribution in [0.3, 0.4) is 0 Å². The van der Waals surface area contributed by atoms with E-state index in [0.29, 0.717) is 19.6 Å². The molecule has 1 aromatic carbocycles. The predicted molar refractivity (Wildman–Crippen MR) is 113 cm³/mol. The Balaban J connectivity index is -0.000000122. The largest absolute Gasteiger partial charge is 4.00 e. The molecule has 0 unspecified atom stereocenters. The topological polar surface area (TPSA) is 71.4 Å². The molecule has 0 saturated heterocycles. The van der Waals surface area contributed by atoms with Gasteiger partial charge in [0.15, 0.2) is 0 Å². The van der Waals surface area contributed by atoms with Gasteiger partial charge in [0.2, 0.25) is 8.41 Å². The van der Waals surface area contributed by atoms with E-state index in [-0.39, 0.29) is 25.8 Å². The van der Waals surface area contributed by atoms with Crippen molar-refractivity contribution < 1.29 is 30.0 Å². The molecule has 0 atom stereocenters. The van der Waals surface area contributed by atoms with Gasteiger partial charge in [0.1, 0.15) is 0 Å². The first-order valence-electron chi connectivity index (χ1n) is 9.20. The van der Waals surface area contributed by atoms with Crippen LogP contribution in [-0.4, -0.2) is 28.0 Å². The first-order chi connectivity index (χ1) is 11.3. The Hall–Kier alpha value is 0.247. The summed E-state index contributed by atoms with van der Waals surface area (Å²) in [5, 5.41) is 0.891. The van der Waals surface area contributed by atoms with Crippen LogP contribution in [0.1, 0.15) is 59.3 Å². The van der Waals surface area contributed by atoms with Gasteiger partial charge in [-0.2, -0.15) is 31.8 Å². The zero-order valence-electron chi connectivity index (χ0n) is 17.1. The molecule has 1 aromatic rings. The Labute approximate surface area is 176 Å². The average Bonchev–Trinajstić information content (AvgIpc) is 3.06. The fourth-order valence-electron chi connectivity index (χ4n) is 1.30. The van der Waals surface area contributed by atoms with Crippen molar-refractivity contribution in [2.75, 3.05) is 19.6 Å². The molecule has 25 heavy (non-hydrogen) atoms. The second-order valence-corrected chi connectivity index (χ2v) is 9.48. The fraction of sp³-hybridized carbons (Fsp3) is 0.737. The molecule has 0 amide bonds. The van der Waals surface area contributed by atoms with Gasteiger partial charge >= 0.3 is 25.8 Å². The third-order valence-electron chi connectivity index (χ3n) is 2.94. The summed E-state index contributed by atoms with van der Waals surface area (Å²) in [4.78, 5) is 0. The summed E-state index contributed by atoms with van der Waals surface area (Å²) in [7, 11) is -2.48. The summed E-state index contributed by atoms with van der Waals surface area (Å²) < 4.78 is 13.1. The SMILES string of the molecule is CCCC[NH-].CCCC[NH-].CCCC[NH-].C[Si](C)(F)[c-]1cccc1.[Hf+4]. The molecule has 6 heteroatoms. The summed E-state index contributed by atoms with van der Waals surface area (Å²) >= 11 is 0. The van der Waals surface area contributed by atoms with Crippen molar-refractivity contribution in [2.45, 2.75) is 72.4 Å². The number of nitrogens with one attached hydrogen (secondary N) is 3. The molecule has 0 fully saturated rings. The summed E-state index contributed by atoms with van der Waals surface area (Å²) in [5.74, 6) is 0. The van der Waals surface area contributed by atoms with E-state index in [4.69, 9.17) is 17.2 Å². The van der Waals surface area contributed by atoms with Crippen LogP contribution in [0.5, 0.6) is 0 Å². The zero-order chi connectivity index (χ0) is 19.3. The van der Waals surface area contributed by atoms with Crippen LogP contribution in [0.15, 0.2) is 24.3 Å². The van der Waals surface area contributed by atoms with Crippen LogP contribution in [-0.2, 0) is 25.8 Å². The molecule has 0 saturated carbocycles. The monoisotopic (exact) mass is 537 g/mol. The van der Waals surface area contributed by atoms with Gasteiger partial charge in [0.05, 0.1) is 0 Å². The van der Waals surface area contributed by atoms with Crippen molar-refractivity contribution in [3.05, 3.63) is 41.5 Å². The molecule has 0 radical (unpaired) electrons. The number of unbranched alkanes of at least 4 members (excludes halogenated alkanes) is 3. The Morgan fingerprint density at radius 3 is 1.12 bits per heavy atom. The van der Waals surface area contributed by atoms with E-state index in [9.17, 15) is 4.11 Å². The minimum atomic E-state index is -2.48. The smallest absolute Gasteiger partial charge is 0.677 e. The maximum absolute atomic E-state index is 13.1. The molecule has 0 aliphatic heterocycles. The van der Waals surface area contributed by atoms with Crippen molar-refractivity contribution in [3.63, 3.8) is 0 Å². The van der Waals surface area contributed by atoms with E-state index >= 15 is 0 Å². The van der Waals surface area contributed by atoms with E-state index in [1.165, 1.54) is 0 Å². The van der Waals surface area contributed by atoms with Crippen LogP contribution in [0.2, 0.25) is 13.1 Å². The molecular weight excluding hydrogens is 496 g/mol.